The van der Waals surface area contributed by atoms with Gasteiger partial charge in [0.25, 0.3) is 0 Å². The first-order chi connectivity index (χ1) is 13.1. The molecule has 0 aromatic heterocycles. The van der Waals surface area contributed by atoms with E-state index < -0.39 is 16.1 Å². The Bertz CT molecular complexity index is 875. The maximum atomic E-state index is 2.58. The van der Waals surface area contributed by atoms with Gasteiger partial charge in [0, 0.05) is 10.1 Å². The Morgan fingerprint density at radius 2 is 0.929 bits per heavy atom. The van der Waals surface area contributed by atoms with Crippen LogP contribution in [0.1, 0.15) is 35.1 Å². The van der Waals surface area contributed by atoms with E-state index in [1.807, 2.05) is 0 Å². The molecule has 0 aliphatic heterocycles. The SMILES string of the molecule is C[Si](C)(C)C1(CCC2([Si](C)(C)C)C=Cc3ccccc32)C=Cc2ccccc21. The Labute approximate surface area is 173 Å². The third-order valence-electron chi connectivity index (χ3n) is 7.57. The second kappa shape index (κ2) is 6.43. The minimum atomic E-state index is -1.48. The predicted molar refractivity (Wildman–Crippen MR) is 130 cm³/mol. The van der Waals surface area contributed by atoms with Gasteiger partial charge in [-0.15, -0.1) is 0 Å². The van der Waals surface area contributed by atoms with Crippen LogP contribution in [0.25, 0.3) is 12.2 Å². The summed E-state index contributed by atoms with van der Waals surface area (Å²) in [5.41, 5.74) is 6.04. The highest BCUT2D eigenvalue weighted by molar-refractivity contribution is 6.80. The zero-order valence-electron chi connectivity index (χ0n) is 18.3. The van der Waals surface area contributed by atoms with Gasteiger partial charge in [0.15, 0.2) is 0 Å². The molecule has 0 fully saturated rings. The van der Waals surface area contributed by atoms with E-state index in [-0.39, 0.29) is 10.1 Å². The molecule has 2 atom stereocenters. The molecule has 4 rings (SSSR count). The number of allylic oxidation sites excluding steroid dienone is 2. The highest BCUT2D eigenvalue weighted by atomic mass is 28.3. The maximum absolute atomic E-state index is 2.58. The maximum Gasteiger partial charge on any atom is 0.0605 e. The van der Waals surface area contributed by atoms with Crippen molar-refractivity contribution < 1.29 is 0 Å². The number of fused-ring (bicyclic) bond motifs is 2. The molecule has 0 N–H and O–H groups in total. The molecular formula is C26H34Si2. The molecule has 2 aliphatic carbocycles. The second-order valence-corrected chi connectivity index (χ2v) is 21.6. The summed E-state index contributed by atoms with van der Waals surface area (Å²) in [6.45, 7) is 15.3. The highest BCUT2D eigenvalue weighted by Crippen LogP contribution is 2.52. The molecule has 0 radical (unpaired) electrons. The Hall–Kier alpha value is -1.65. The van der Waals surface area contributed by atoms with Crippen LogP contribution < -0.4 is 0 Å². The van der Waals surface area contributed by atoms with Crippen molar-refractivity contribution in [2.24, 2.45) is 0 Å². The van der Waals surface area contributed by atoms with Gasteiger partial charge < -0.3 is 0 Å². The average Bonchev–Trinajstić information content (AvgIpc) is 3.19. The van der Waals surface area contributed by atoms with Crippen molar-refractivity contribution in [3.63, 3.8) is 0 Å². The van der Waals surface area contributed by atoms with Gasteiger partial charge in [0.05, 0.1) is 16.1 Å². The summed E-state index contributed by atoms with van der Waals surface area (Å²) in [7, 11) is -2.95. The normalized spacial score (nSPS) is 25.8. The first kappa shape index (κ1) is 19.7. The largest absolute Gasteiger partial charge is 0.0761 e. The van der Waals surface area contributed by atoms with E-state index in [1.54, 1.807) is 11.1 Å². The first-order valence-corrected chi connectivity index (χ1v) is 17.7. The molecule has 0 heterocycles. The minimum Gasteiger partial charge on any atom is -0.0761 e. The molecule has 146 valence electrons. The van der Waals surface area contributed by atoms with Gasteiger partial charge in [-0.2, -0.15) is 0 Å². The van der Waals surface area contributed by atoms with Crippen molar-refractivity contribution in [1.29, 1.82) is 0 Å². The molecule has 28 heavy (non-hydrogen) atoms. The van der Waals surface area contributed by atoms with Crippen LogP contribution >= 0.6 is 0 Å². The van der Waals surface area contributed by atoms with Crippen molar-refractivity contribution in [3.05, 3.63) is 82.9 Å². The number of hydrogen-bond donors (Lipinski definition) is 0. The third kappa shape index (κ3) is 2.76. The Morgan fingerprint density at radius 3 is 1.29 bits per heavy atom. The van der Waals surface area contributed by atoms with Crippen molar-refractivity contribution in [2.75, 3.05) is 0 Å². The first-order valence-electron chi connectivity index (χ1n) is 10.7. The van der Waals surface area contributed by atoms with Crippen molar-refractivity contribution in [3.8, 4) is 0 Å². The number of benzene rings is 2. The Morgan fingerprint density at radius 1 is 0.571 bits per heavy atom. The molecule has 0 amide bonds. The van der Waals surface area contributed by atoms with Gasteiger partial charge in [0.1, 0.15) is 0 Å². The summed E-state index contributed by atoms with van der Waals surface area (Å²) in [4.78, 5) is 0. The van der Waals surface area contributed by atoms with E-state index in [2.05, 4.69) is 112 Å². The fraction of sp³-hybridized carbons (Fsp3) is 0.385. The van der Waals surface area contributed by atoms with Crippen LogP contribution in [0.4, 0.5) is 0 Å². The molecule has 0 saturated carbocycles. The number of rotatable bonds is 5. The molecule has 0 nitrogen and oxygen atoms in total. The quantitative estimate of drug-likeness (QED) is 0.455. The molecule has 0 spiro atoms. The van der Waals surface area contributed by atoms with Crippen molar-refractivity contribution >= 4 is 28.3 Å². The molecular weight excluding hydrogens is 368 g/mol. The van der Waals surface area contributed by atoms with Crippen LogP contribution in [-0.2, 0) is 10.1 Å². The van der Waals surface area contributed by atoms with Crippen LogP contribution in [-0.4, -0.2) is 16.1 Å². The van der Waals surface area contributed by atoms with E-state index in [9.17, 15) is 0 Å². The van der Waals surface area contributed by atoms with E-state index >= 15 is 0 Å². The predicted octanol–water partition coefficient (Wildman–Crippen LogP) is 7.45. The monoisotopic (exact) mass is 402 g/mol. The Kier molecular flexibility index (Phi) is 4.52. The molecule has 0 bridgehead atoms. The smallest absolute Gasteiger partial charge is 0.0605 e. The zero-order chi connectivity index (χ0) is 20.2. The van der Waals surface area contributed by atoms with Crippen LogP contribution in [0, 0.1) is 0 Å². The van der Waals surface area contributed by atoms with Crippen LogP contribution in [0.15, 0.2) is 60.7 Å². The standard InChI is InChI=1S/C26H34Si2/c1-27(2,3)25(17-15-21-11-7-9-13-23(21)25)19-20-26(28(4,5)6)18-16-22-12-8-10-14-24(22)26/h7-18H,19-20H2,1-6H3. The zero-order valence-corrected chi connectivity index (χ0v) is 20.3. The molecule has 0 saturated heterocycles. The lowest BCUT2D eigenvalue weighted by molar-refractivity contribution is 0.537. The van der Waals surface area contributed by atoms with Crippen LogP contribution in [0.2, 0.25) is 39.3 Å². The summed E-state index contributed by atoms with van der Waals surface area (Å²) in [6, 6.07) is 18.2. The second-order valence-electron chi connectivity index (χ2n) is 10.8. The van der Waals surface area contributed by atoms with Gasteiger partial charge in [-0.1, -0.05) is 112 Å². The molecule has 2 heteroatoms. The highest BCUT2D eigenvalue weighted by Gasteiger charge is 2.51. The fourth-order valence-corrected chi connectivity index (χ4v) is 10.6. The summed E-state index contributed by atoms with van der Waals surface area (Å²) in [5, 5.41) is 0.475. The van der Waals surface area contributed by atoms with Gasteiger partial charge in [0.2, 0.25) is 0 Å². The van der Waals surface area contributed by atoms with Crippen molar-refractivity contribution in [1.82, 2.24) is 0 Å². The molecule has 2 aromatic carbocycles. The average molecular weight is 403 g/mol. The lowest BCUT2D eigenvalue weighted by atomic mass is 9.87. The van der Waals surface area contributed by atoms with Gasteiger partial charge >= 0.3 is 0 Å². The van der Waals surface area contributed by atoms with E-state index in [1.165, 1.54) is 24.0 Å². The van der Waals surface area contributed by atoms with Crippen LogP contribution in [0.3, 0.4) is 0 Å². The lowest BCUT2D eigenvalue weighted by Crippen LogP contribution is -2.52. The van der Waals surface area contributed by atoms with Crippen LogP contribution in [0.5, 0.6) is 0 Å². The Balaban J connectivity index is 1.78. The molecule has 2 unspecified atom stereocenters. The third-order valence-corrected chi connectivity index (χ3v) is 14.3. The fourth-order valence-electron chi connectivity index (χ4n) is 5.63. The van der Waals surface area contributed by atoms with Gasteiger partial charge in [-0.05, 0) is 35.1 Å². The summed E-state index contributed by atoms with van der Waals surface area (Å²) >= 11 is 0. The summed E-state index contributed by atoms with van der Waals surface area (Å²) in [5.74, 6) is 0. The van der Waals surface area contributed by atoms with E-state index in [0.717, 1.165) is 0 Å². The topological polar surface area (TPSA) is 0 Å². The molecule has 2 aliphatic rings. The summed E-state index contributed by atoms with van der Waals surface area (Å²) in [6.07, 6.45) is 12.4. The summed E-state index contributed by atoms with van der Waals surface area (Å²) < 4.78 is 0. The lowest BCUT2D eigenvalue weighted by Gasteiger charge is -2.46. The van der Waals surface area contributed by atoms with Gasteiger partial charge in [-0.25, -0.2) is 0 Å². The van der Waals surface area contributed by atoms with E-state index in [4.69, 9.17) is 0 Å². The number of hydrogen-bond acceptors (Lipinski definition) is 0. The minimum absolute atomic E-state index is 0.238. The molecule has 2 aromatic rings. The van der Waals surface area contributed by atoms with Crippen molar-refractivity contribution in [2.45, 2.75) is 62.2 Å². The van der Waals surface area contributed by atoms with Gasteiger partial charge in [-0.3, -0.25) is 0 Å². The van der Waals surface area contributed by atoms with E-state index in [0.29, 0.717) is 0 Å².